The van der Waals surface area contributed by atoms with Crippen LogP contribution >= 0.6 is 0 Å². The Morgan fingerprint density at radius 2 is 1.76 bits per heavy atom. The van der Waals surface area contributed by atoms with E-state index in [4.69, 9.17) is 18.8 Å². The van der Waals surface area contributed by atoms with E-state index in [0.717, 1.165) is 5.56 Å². The van der Waals surface area contributed by atoms with Gasteiger partial charge in [-0.05, 0) is 39.3 Å². The van der Waals surface area contributed by atoms with E-state index in [2.05, 4.69) is 4.98 Å². The van der Waals surface area contributed by atoms with Crippen molar-refractivity contribution in [3.8, 4) is 5.75 Å². The van der Waals surface area contributed by atoms with Crippen molar-refractivity contribution >= 4 is 19.2 Å². The molecular formula is C22H26BNO5. The maximum Gasteiger partial charge on any atom is 0.487 e. The molecule has 0 N–H and O–H groups in total. The summed E-state index contributed by atoms with van der Waals surface area (Å²) in [5.41, 5.74) is 0.937. The number of esters is 1. The van der Waals surface area contributed by atoms with Crippen LogP contribution in [0.4, 0.5) is 0 Å². The molecule has 2 heterocycles. The van der Waals surface area contributed by atoms with Gasteiger partial charge < -0.3 is 18.8 Å². The Kier molecular flexibility index (Phi) is 6.10. The molecule has 0 atom stereocenters. The predicted molar refractivity (Wildman–Crippen MR) is 111 cm³/mol. The summed E-state index contributed by atoms with van der Waals surface area (Å²) in [6.07, 6.45) is 3.36. The van der Waals surface area contributed by atoms with E-state index in [1.807, 2.05) is 70.1 Å². The Labute approximate surface area is 172 Å². The van der Waals surface area contributed by atoms with Crippen LogP contribution < -0.4 is 4.74 Å². The highest BCUT2D eigenvalue weighted by molar-refractivity contribution is 6.52. The molecule has 3 rings (SSSR count). The molecular weight excluding hydrogens is 369 g/mol. The summed E-state index contributed by atoms with van der Waals surface area (Å²) >= 11 is 0. The molecule has 0 unspecified atom stereocenters. The zero-order chi connectivity index (χ0) is 21.1. The number of benzene rings is 1. The Morgan fingerprint density at radius 3 is 2.38 bits per heavy atom. The number of hydrogen-bond donors (Lipinski definition) is 0. The van der Waals surface area contributed by atoms with E-state index in [1.54, 1.807) is 12.3 Å². The lowest BCUT2D eigenvalue weighted by Gasteiger charge is -2.32. The Bertz CT molecular complexity index is 879. The van der Waals surface area contributed by atoms with Crippen molar-refractivity contribution in [1.29, 1.82) is 0 Å². The van der Waals surface area contributed by atoms with Gasteiger partial charge in [0.15, 0.2) is 11.4 Å². The van der Waals surface area contributed by atoms with Crippen molar-refractivity contribution in [2.75, 3.05) is 7.11 Å². The van der Waals surface area contributed by atoms with Gasteiger partial charge in [0.1, 0.15) is 6.61 Å². The predicted octanol–water partition coefficient (Wildman–Crippen LogP) is 4.09. The van der Waals surface area contributed by atoms with Crippen LogP contribution in [0, 0.1) is 0 Å². The number of nitrogens with zero attached hydrogens (tertiary/aromatic N) is 1. The number of ether oxygens (including phenoxy) is 2. The van der Waals surface area contributed by atoms with Crippen molar-refractivity contribution in [2.24, 2.45) is 0 Å². The Balaban J connectivity index is 1.87. The highest BCUT2D eigenvalue weighted by Gasteiger charge is 2.50. The Morgan fingerprint density at radius 1 is 1.10 bits per heavy atom. The normalized spacial score (nSPS) is 17.5. The van der Waals surface area contributed by atoms with Crippen molar-refractivity contribution in [3.05, 3.63) is 65.4 Å². The molecule has 0 spiro atoms. The van der Waals surface area contributed by atoms with Crippen LogP contribution in [0.3, 0.4) is 0 Å². The average Bonchev–Trinajstić information content (AvgIpc) is 2.91. The van der Waals surface area contributed by atoms with Gasteiger partial charge in [-0.25, -0.2) is 9.78 Å². The molecule has 1 aliphatic heterocycles. The lowest BCUT2D eigenvalue weighted by atomic mass is 9.89. The molecule has 0 radical (unpaired) electrons. The quantitative estimate of drug-likeness (QED) is 0.542. The number of pyridine rings is 1. The monoisotopic (exact) mass is 395 g/mol. The van der Waals surface area contributed by atoms with Crippen LogP contribution in [0.15, 0.2) is 48.6 Å². The van der Waals surface area contributed by atoms with Crippen molar-refractivity contribution in [3.63, 3.8) is 0 Å². The van der Waals surface area contributed by atoms with Gasteiger partial charge in [-0.3, -0.25) is 0 Å². The van der Waals surface area contributed by atoms with Crippen molar-refractivity contribution < 1.29 is 23.6 Å². The summed E-state index contributed by atoms with van der Waals surface area (Å²) in [4.78, 5) is 16.3. The second kappa shape index (κ2) is 8.39. The van der Waals surface area contributed by atoms with Gasteiger partial charge in [-0.1, -0.05) is 42.4 Å². The SMILES string of the molecule is COC(=O)c1nccc(/C=C\B2OC(C)(C)C(C)(C)O2)c1OCc1ccccc1. The van der Waals surface area contributed by atoms with Crippen LogP contribution in [0.5, 0.6) is 5.75 Å². The van der Waals surface area contributed by atoms with Gasteiger partial charge in [0.2, 0.25) is 0 Å². The topological polar surface area (TPSA) is 66.9 Å². The Hall–Kier alpha value is -2.64. The van der Waals surface area contributed by atoms with Gasteiger partial charge in [-0.2, -0.15) is 0 Å². The molecule has 1 aromatic carbocycles. The first-order chi connectivity index (χ1) is 13.7. The lowest BCUT2D eigenvalue weighted by Crippen LogP contribution is -2.41. The molecule has 6 nitrogen and oxygen atoms in total. The molecule has 1 fully saturated rings. The van der Waals surface area contributed by atoms with Crippen LogP contribution in [-0.2, 0) is 20.7 Å². The van der Waals surface area contributed by atoms with E-state index in [9.17, 15) is 4.79 Å². The second-order valence-corrected chi connectivity index (χ2v) is 7.83. The number of aromatic nitrogens is 1. The highest BCUT2D eigenvalue weighted by Crippen LogP contribution is 2.37. The summed E-state index contributed by atoms with van der Waals surface area (Å²) in [6, 6.07) is 11.5. The van der Waals surface area contributed by atoms with Gasteiger partial charge in [-0.15, -0.1) is 0 Å². The van der Waals surface area contributed by atoms with E-state index in [1.165, 1.54) is 7.11 Å². The molecule has 1 aliphatic rings. The lowest BCUT2D eigenvalue weighted by molar-refractivity contribution is 0.00578. The van der Waals surface area contributed by atoms with Crippen LogP contribution in [0.25, 0.3) is 6.08 Å². The molecule has 29 heavy (non-hydrogen) atoms. The molecule has 1 saturated heterocycles. The van der Waals surface area contributed by atoms with Crippen LogP contribution in [-0.4, -0.2) is 36.4 Å². The number of carbonyl (C=O) groups excluding carboxylic acids is 1. The second-order valence-electron chi connectivity index (χ2n) is 7.83. The summed E-state index contributed by atoms with van der Waals surface area (Å²) in [5, 5.41) is 0. The van der Waals surface area contributed by atoms with Gasteiger partial charge in [0.05, 0.1) is 18.3 Å². The van der Waals surface area contributed by atoms with E-state index in [0.29, 0.717) is 17.9 Å². The maximum absolute atomic E-state index is 12.2. The van der Waals surface area contributed by atoms with Crippen molar-refractivity contribution in [2.45, 2.75) is 45.5 Å². The fraction of sp³-hybridized carbons (Fsp3) is 0.364. The van der Waals surface area contributed by atoms with Crippen molar-refractivity contribution in [1.82, 2.24) is 4.98 Å². The minimum atomic E-state index is -0.557. The smallest absolute Gasteiger partial charge is 0.486 e. The molecule has 1 aromatic heterocycles. The molecule has 7 heteroatoms. The minimum Gasteiger partial charge on any atom is -0.486 e. The first-order valence-corrected chi connectivity index (χ1v) is 9.51. The summed E-state index contributed by atoms with van der Waals surface area (Å²) in [6.45, 7) is 8.29. The summed E-state index contributed by atoms with van der Waals surface area (Å²) in [7, 11) is 0.814. The number of methoxy groups -OCH3 is 1. The fourth-order valence-corrected chi connectivity index (χ4v) is 2.87. The van der Waals surface area contributed by atoms with Gasteiger partial charge >= 0.3 is 13.1 Å². The maximum atomic E-state index is 12.2. The third-order valence-corrected chi connectivity index (χ3v) is 5.24. The first kappa shape index (κ1) is 21.1. The van der Waals surface area contributed by atoms with Gasteiger partial charge in [0, 0.05) is 11.8 Å². The van der Waals surface area contributed by atoms with Gasteiger partial charge in [0.25, 0.3) is 0 Å². The van der Waals surface area contributed by atoms with E-state index >= 15 is 0 Å². The summed E-state index contributed by atoms with van der Waals surface area (Å²) < 4.78 is 22.8. The number of rotatable bonds is 6. The van der Waals surface area contributed by atoms with Crippen LogP contribution in [0.2, 0.25) is 0 Å². The highest BCUT2D eigenvalue weighted by atomic mass is 16.7. The fourth-order valence-electron chi connectivity index (χ4n) is 2.87. The van der Waals surface area contributed by atoms with E-state index < -0.39 is 24.3 Å². The molecule has 0 bridgehead atoms. The molecule has 0 aliphatic carbocycles. The van der Waals surface area contributed by atoms with E-state index in [-0.39, 0.29) is 5.69 Å². The number of carbonyl (C=O) groups is 1. The summed E-state index contributed by atoms with van der Waals surface area (Å²) in [5.74, 6) is 1.61. The number of hydrogen-bond acceptors (Lipinski definition) is 6. The largest absolute Gasteiger partial charge is 0.487 e. The third kappa shape index (κ3) is 4.69. The third-order valence-electron chi connectivity index (χ3n) is 5.24. The standard InChI is InChI=1S/C22H26BNO5/c1-21(2)22(3,4)29-23(28-21)13-11-17-12-14-24-18(20(25)26-5)19(17)27-15-16-9-7-6-8-10-16/h6-14H,15H2,1-5H3/b13-11-. The average molecular weight is 395 g/mol. The molecule has 0 saturated carbocycles. The minimum absolute atomic E-state index is 0.125. The molecule has 152 valence electrons. The zero-order valence-corrected chi connectivity index (χ0v) is 17.5. The molecule has 2 aromatic rings. The van der Waals surface area contributed by atoms with Crippen LogP contribution in [0.1, 0.15) is 49.3 Å². The zero-order valence-electron chi connectivity index (χ0n) is 17.5. The molecule has 0 amide bonds. The first-order valence-electron chi connectivity index (χ1n) is 9.51.